The minimum absolute atomic E-state index is 0.124. The molecule has 0 aromatic carbocycles. The molecule has 2 aliphatic rings. The molecule has 2 N–H and O–H groups in total. The molecule has 5 nitrogen and oxygen atoms in total. The molecule has 2 saturated heterocycles. The molecular formula is C12H24N2O3S. The Morgan fingerprint density at radius 2 is 1.89 bits per heavy atom. The van der Waals surface area contributed by atoms with E-state index in [-0.39, 0.29) is 24.3 Å². The van der Waals surface area contributed by atoms with Crippen LogP contribution in [0.15, 0.2) is 0 Å². The number of hydrogen-bond acceptors (Lipinski definition) is 4. The average molecular weight is 276 g/mol. The first-order valence-corrected chi connectivity index (χ1v) is 8.55. The second-order valence-electron chi connectivity index (χ2n) is 5.45. The van der Waals surface area contributed by atoms with Crippen molar-refractivity contribution in [3.63, 3.8) is 0 Å². The highest BCUT2D eigenvalue weighted by atomic mass is 32.2. The Kier molecular flexibility index (Phi) is 5.00. The van der Waals surface area contributed by atoms with Crippen LogP contribution in [0, 0.1) is 5.92 Å². The van der Waals surface area contributed by atoms with Crippen LogP contribution in [-0.4, -0.2) is 55.9 Å². The normalized spacial score (nSPS) is 28.4. The predicted molar refractivity (Wildman–Crippen MR) is 70.8 cm³/mol. The molecule has 18 heavy (non-hydrogen) atoms. The maximum absolute atomic E-state index is 12.3. The van der Waals surface area contributed by atoms with E-state index in [1.807, 2.05) is 0 Å². The zero-order valence-electron chi connectivity index (χ0n) is 10.8. The van der Waals surface area contributed by atoms with Crippen LogP contribution in [0.3, 0.4) is 0 Å². The van der Waals surface area contributed by atoms with Gasteiger partial charge in [0.25, 0.3) is 0 Å². The minimum atomic E-state index is -3.13. The number of hydrogen-bond donors (Lipinski definition) is 2. The third-order valence-corrected chi connectivity index (χ3v) is 6.02. The van der Waals surface area contributed by atoms with Crippen molar-refractivity contribution in [1.29, 1.82) is 0 Å². The highest BCUT2D eigenvalue weighted by molar-refractivity contribution is 7.89. The van der Waals surface area contributed by atoms with E-state index in [1.54, 1.807) is 4.31 Å². The van der Waals surface area contributed by atoms with Crippen LogP contribution in [0.25, 0.3) is 0 Å². The topological polar surface area (TPSA) is 69.6 Å². The Morgan fingerprint density at radius 3 is 2.44 bits per heavy atom. The van der Waals surface area contributed by atoms with Crippen molar-refractivity contribution in [2.24, 2.45) is 5.92 Å². The summed E-state index contributed by atoms with van der Waals surface area (Å²) in [6.07, 6.45) is 4.81. The molecule has 1 atom stereocenters. The summed E-state index contributed by atoms with van der Waals surface area (Å²) in [5.41, 5.74) is 0. The van der Waals surface area contributed by atoms with Gasteiger partial charge in [0, 0.05) is 25.7 Å². The average Bonchev–Trinajstić information content (AvgIpc) is 2.39. The van der Waals surface area contributed by atoms with Gasteiger partial charge >= 0.3 is 0 Å². The van der Waals surface area contributed by atoms with Crippen LogP contribution in [0.2, 0.25) is 0 Å². The fraction of sp³-hybridized carbons (Fsp3) is 1.00. The van der Waals surface area contributed by atoms with Crippen LogP contribution in [0.5, 0.6) is 0 Å². The van der Waals surface area contributed by atoms with E-state index in [4.69, 9.17) is 5.11 Å². The predicted octanol–water partition coefficient (Wildman–Crippen LogP) is 0.163. The highest BCUT2D eigenvalue weighted by Gasteiger charge is 2.30. The summed E-state index contributed by atoms with van der Waals surface area (Å²) in [5, 5.41) is 12.4. The molecule has 2 rings (SSSR count). The van der Waals surface area contributed by atoms with Crippen LogP contribution < -0.4 is 5.32 Å². The first-order valence-electron chi connectivity index (χ1n) is 6.94. The Morgan fingerprint density at radius 1 is 1.17 bits per heavy atom. The molecule has 6 heteroatoms. The van der Waals surface area contributed by atoms with Gasteiger partial charge in [-0.3, -0.25) is 0 Å². The maximum Gasteiger partial charge on any atom is 0.215 e. The van der Waals surface area contributed by atoms with Gasteiger partial charge in [-0.1, -0.05) is 6.42 Å². The molecule has 0 saturated carbocycles. The summed E-state index contributed by atoms with van der Waals surface area (Å²) >= 11 is 0. The zero-order chi connectivity index (χ0) is 13.0. The number of nitrogens with zero attached hydrogens (tertiary/aromatic N) is 1. The van der Waals surface area contributed by atoms with Gasteiger partial charge in [-0.05, 0) is 38.1 Å². The first-order chi connectivity index (χ1) is 8.62. The van der Waals surface area contributed by atoms with E-state index in [0.29, 0.717) is 13.1 Å². The summed E-state index contributed by atoms with van der Waals surface area (Å²) in [6, 6.07) is 0.124. The highest BCUT2D eigenvalue weighted by Crippen LogP contribution is 2.20. The van der Waals surface area contributed by atoms with Gasteiger partial charge in [0.05, 0.1) is 5.75 Å². The van der Waals surface area contributed by atoms with Gasteiger partial charge in [0.15, 0.2) is 0 Å². The molecule has 0 aromatic rings. The lowest BCUT2D eigenvalue weighted by atomic mass is 10.00. The third-order valence-electron chi connectivity index (χ3n) is 4.05. The van der Waals surface area contributed by atoms with Crippen LogP contribution in [-0.2, 0) is 10.0 Å². The van der Waals surface area contributed by atoms with Crippen molar-refractivity contribution in [2.45, 2.75) is 38.1 Å². The molecule has 2 fully saturated rings. The molecule has 0 bridgehead atoms. The first kappa shape index (κ1) is 14.2. The van der Waals surface area contributed by atoms with E-state index < -0.39 is 10.0 Å². The van der Waals surface area contributed by atoms with Crippen molar-refractivity contribution in [1.82, 2.24) is 9.62 Å². The zero-order valence-corrected chi connectivity index (χ0v) is 11.7. The molecule has 2 heterocycles. The Hall–Kier alpha value is -0.170. The Bertz CT molecular complexity index is 344. The van der Waals surface area contributed by atoms with Crippen molar-refractivity contribution < 1.29 is 13.5 Å². The minimum Gasteiger partial charge on any atom is -0.396 e. The fourth-order valence-electron chi connectivity index (χ4n) is 2.80. The summed E-state index contributed by atoms with van der Waals surface area (Å²) in [7, 11) is -3.13. The molecule has 0 aliphatic carbocycles. The third kappa shape index (κ3) is 3.66. The van der Waals surface area contributed by atoms with Crippen molar-refractivity contribution in [2.75, 3.05) is 32.0 Å². The van der Waals surface area contributed by atoms with E-state index >= 15 is 0 Å². The quantitative estimate of drug-likeness (QED) is 0.767. The molecule has 0 radical (unpaired) electrons. The number of aliphatic hydroxyl groups excluding tert-OH is 1. The summed E-state index contributed by atoms with van der Waals surface area (Å²) in [5.74, 6) is 0.515. The largest absolute Gasteiger partial charge is 0.396 e. The van der Waals surface area contributed by atoms with Gasteiger partial charge in [0.1, 0.15) is 0 Å². The second-order valence-corrected chi connectivity index (χ2v) is 7.46. The summed E-state index contributed by atoms with van der Waals surface area (Å²) in [6.45, 7) is 2.26. The van der Waals surface area contributed by atoms with E-state index in [9.17, 15) is 8.42 Å². The molecule has 1 unspecified atom stereocenters. The van der Waals surface area contributed by atoms with E-state index in [2.05, 4.69) is 5.32 Å². The van der Waals surface area contributed by atoms with Crippen molar-refractivity contribution >= 4 is 10.0 Å². The van der Waals surface area contributed by atoms with Crippen molar-refractivity contribution in [3.05, 3.63) is 0 Å². The number of sulfonamides is 1. The van der Waals surface area contributed by atoms with Crippen LogP contribution in [0.4, 0.5) is 0 Å². The van der Waals surface area contributed by atoms with Crippen LogP contribution in [0.1, 0.15) is 32.1 Å². The summed E-state index contributed by atoms with van der Waals surface area (Å²) < 4.78 is 26.2. The lowest BCUT2D eigenvalue weighted by Crippen LogP contribution is -2.46. The number of aliphatic hydroxyl groups is 1. The number of piperidine rings is 2. The molecular weight excluding hydrogens is 252 g/mol. The van der Waals surface area contributed by atoms with Gasteiger partial charge in [-0.2, -0.15) is 0 Å². The molecule has 2 aliphatic heterocycles. The molecule has 0 aromatic heterocycles. The maximum atomic E-state index is 12.3. The Balaban J connectivity index is 1.86. The van der Waals surface area contributed by atoms with Gasteiger partial charge in [-0.15, -0.1) is 0 Å². The summed E-state index contributed by atoms with van der Waals surface area (Å²) in [4.78, 5) is 0. The number of rotatable bonds is 4. The van der Waals surface area contributed by atoms with Gasteiger partial charge in [0.2, 0.25) is 10.0 Å². The Labute approximate surface area is 110 Å². The van der Waals surface area contributed by atoms with E-state index in [1.165, 1.54) is 0 Å². The lowest BCUT2D eigenvalue weighted by Gasteiger charge is -2.32. The van der Waals surface area contributed by atoms with Gasteiger partial charge < -0.3 is 10.4 Å². The van der Waals surface area contributed by atoms with Crippen molar-refractivity contribution in [3.8, 4) is 0 Å². The monoisotopic (exact) mass is 276 g/mol. The lowest BCUT2D eigenvalue weighted by molar-refractivity contribution is 0.170. The number of nitrogens with one attached hydrogen (secondary N) is 1. The van der Waals surface area contributed by atoms with Gasteiger partial charge in [-0.25, -0.2) is 12.7 Å². The smallest absolute Gasteiger partial charge is 0.215 e. The SMILES string of the molecule is O=S(=O)(CC1CCCCN1)N1CCC(CO)CC1. The standard InChI is InChI=1S/C12H24N2O3S/c15-9-11-4-7-14(8-5-11)18(16,17)10-12-3-1-2-6-13-12/h11-13,15H,1-10H2. The van der Waals surface area contributed by atoms with E-state index in [0.717, 1.165) is 38.6 Å². The second kappa shape index (κ2) is 6.32. The molecule has 0 spiro atoms. The van der Waals surface area contributed by atoms with Crippen LogP contribution >= 0.6 is 0 Å². The molecule has 0 amide bonds. The molecule has 106 valence electrons. The fourth-order valence-corrected chi connectivity index (χ4v) is 4.57.